The monoisotopic (exact) mass is 760 g/mol. The normalized spacial score (nSPS) is 9.58. The first-order chi connectivity index (χ1) is 23.6. The lowest BCUT2D eigenvalue weighted by Gasteiger charge is -1.97. The quantitative estimate of drug-likeness (QED) is 0.0659. The minimum atomic E-state index is 0.885. The molecule has 2 aromatic carbocycles. The Balaban J connectivity index is 0.000000297. The van der Waals surface area contributed by atoms with Crippen molar-refractivity contribution < 1.29 is 9.13 Å². The number of halogens is 2. The summed E-state index contributed by atoms with van der Waals surface area (Å²) in [5, 5.41) is 2.02. The standard InChI is InChI=1S/C28H30N2.C16H16Br2/c1-25-13-11-21-29(23-25)19-9-3-5-15-27-17-7-8-18-28(27)16-6-4-10-20-30-22-12-14-26(2)24-30;17-13-7-1-3-9-15-11-5-6-12-16(15)10-4-2-8-14-18/h7-8,11-14,17-18,21-24H,3-4,9-10,19-20H2,1-2H3;5-6,11-12H,1-2,7-8,13-14H2/q+2;. The molecule has 0 saturated carbocycles. The van der Waals surface area contributed by atoms with Crippen LogP contribution in [0.1, 0.15) is 84.7 Å². The topological polar surface area (TPSA) is 7.76 Å². The molecule has 2 heterocycles. The molecule has 244 valence electrons. The van der Waals surface area contributed by atoms with Crippen LogP contribution in [0.15, 0.2) is 97.6 Å². The molecule has 0 saturated heterocycles. The molecular formula is C44H46Br2N2+2. The zero-order valence-electron chi connectivity index (χ0n) is 28.4. The van der Waals surface area contributed by atoms with Gasteiger partial charge in [-0.15, -0.1) is 0 Å². The van der Waals surface area contributed by atoms with Crippen molar-refractivity contribution in [2.45, 2.75) is 78.3 Å². The van der Waals surface area contributed by atoms with Crippen LogP contribution in [0.3, 0.4) is 0 Å². The molecule has 4 heteroatoms. The third kappa shape index (κ3) is 16.2. The van der Waals surface area contributed by atoms with E-state index < -0.39 is 0 Å². The second kappa shape index (κ2) is 24.1. The molecule has 4 aromatic rings. The fraction of sp³-hybridized carbons (Fsp3) is 0.318. The van der Waals surface area contributed by atoms with Crippen LogP contribution in [0.2, 0.25) is 0 Å². The molecule has 0 aliphatic rings. The maximum Gasteiger partial charge on any atom is 0.171 e. The number of rotatable bonds is 10. The fourth-order valence-electron chi connectivity index (χ4n) is 4.63. The van der Waals surface area contributed by atoms with Gasteiger partial charge >= 0.3 is 0 Å². The van der Waals surface area contributed by atoms with Crippen molar-refractivity contribution >= 4 is 31.9 Å². The number of unbranched alkanes of at least 4 members (excludes halogenated alkanes) is 4. The lowest BCUT2D eigenvalue weighted by Crippen LogP contribution is -2.32. The first-order valence-corrected chi connectivity index (χ1v) is 19.0. The van der Waals surface area contributed by atoms with E-state index in [2.05, 4.69) is 163 Å². The largest absolute Gasteiger partial charge is 0.205 e. The van der Waals surface area contributed by atoms with Gasteiger partial charge in [0.15, 0.2) is 24.8 Å². The molecule has 0 aliphatic heterocycles. The van der Waals surface area contributed by atoms with Gasteiger partial charge in [0, 0.05) is 94.7 Å². The number of nitrogens with zero attached hydrogens (tertiary/aromatic N) is 2. The van der Waals surface area contributed by atoms with E-state index >= 15 is 0 Å². The molecule has 0 spiro atoms. The first kappa shape index (κ1) is 38.4. The Labute approximate surface area is 306 Å². The highest BCUT2D eigenvalue weighted by Crippen LogP contribution is 2.07. The molecule has 0 aliphatic carbocycles. The van der Waals surface area contributed by atoms with Crippen molar-refractivity contribution in [3.8, 4) is 47.4 Å². The van der Waals surface area contributed by atoms with Crippen molar-refractivity contribution in [2.24, 2.45) is 0 Å². The summed E-state index contributed by atoms with van der Waals surface area (Å²) >= 11 is 6.81. The van der Waals surface area contributed by atoms with Crippen molar-refractivity contribution in [3.05, 3.63) is 131 Å². The van der Waals surface area contributed by atoms with E-state index in [1.54, 1.807) is 0 Å². The molecule has 0 fully saturated rings. The highest BCUT2D eigenvalue weighted by Gasteiger charge is 2.01. The summed E-state index contributed by atoms with van der Waals surface area (Å²) in [4.78, 5) is 0. The molecule has 4 rings (SSSR count). The maximum atomic E-state index is 3.41. The molecule has 48 heavy (non-hydrogen) atoms. The second-order valence-electron chi connectivity index (χ2n) is 11.3. The van der Waals surface area contributed by atoms with E-state index in [9.17, 15) is 0 Å². The highest BCUT2D eigenvalue weighted by atomic mass is 79.9. The van der Waals surface area contributed by atoms with Crippen LogP contribution in [0, 0.1) is 61.2 Å². The Kier molecular flexibility index (Phi) is 19.3. The van der Waals surface area contributed by atoms with Gasteiger partial charge < -0.3 is 0 Å². The molecule has 0 amide bonds. The Morgan fingerprint density at radius 2 is 0.792 bits per heavy atom. The number of hydrogen-bond acceptors (Lipinski definition) is 0. The molecule has 2 nitrogen and oxygen atoms in total. The van der Waals surface area contributed by atoms with Crippen molar-refractivity contribution in [3.63, 3.8) is 0 Å². The lowest BCUT2D eigenvalue weighted by atomic mass is 10.1. The van der Waals surface area contributed by atoms with Gasteiger partial charge in [0.1, 0.15) is 13.1 Å². The van der Waals surface area contributed by atoms with Crippen LogP contribution in [-0.2, 0) is 13.1 Å². The van der Waals surface area contributed by atoms with Crippen LogP contribution >= 0.6 is 31.9 Å². The van der Waals surface area contributed by atoms with Gasteiger partial charge in [-0.3, -0.25) is 0 Å². The van der Waals surface area contributed by atoms with E-state index in [0.29, 0.717) is 0 Å². The summed E-state index contributed by atoms with van der Waals surface area (Å²) in [6.07, 6.45) is 16.5. The van der Waals surface area contributed by atoms with E-state index in [1.165, 1.54) is 11.1 Å². The molecule has 0 radical (unpaired) electrons. The van der Waals surface area contributed by atoms with Gasteiger partial charge in [-0.25, -0.2) is 9.13 Å². The van der Waals surface area contributed by atoms with Crippen LogP contribution < -0.4 is 9.13 Å². The predicted molar refractivity (Wildman–Crippen MR) is 208 cm³/mol. The smallest absolute Gasteiger partial charge is 0.171 e. The number of benzene rings is 2. The molecule has 0 atom stereocenters. The van der Waals surface area contributed by atoms with Crippen molar-refractivity contribution in [2.75, 3.05) is 10.7 Å². The Hall–Kier alpha value is -4.06. The summed E-state index contributed by atoms with van der Waals surface area (Å²) in [7, 11) is 0. The average molecular weight is 763 g/mol. The fourth-order valence-corrected chi connectivity index (χ4v) is 5.19. The predicted octanol–water partition coefficient (Wildman–Crippen LogP) is 9.28. The first-order valence-electron chi connectivity index (χ1n) is 16.8. The molecule has 0 unspecified atom stereocenters. The number of aryl methyl sites for hydroxylation is 4. The summed E-state index contributed by atoms with van der Waals surface area (Å²) in [5.74, 6) is 26.1. The maximum absolute atomic E-state index is 3.41. The Bertz CT molecular complexity index is 1680. The number of pyridine rings is 2. The van der Waals surface area contributed by atoms with Crippen LogP contribution in [-0.4, -0.2) is 10.7 Å². The van der Waals surface area contributed by atoms with E-state index in [-0.39, 0.29) is 0 Å². The van der Waals surface area contributed by atoms with Crippen LogP contribution in [0.5, 0.6) is 0 Å². The van der Waals surface area contributed by atoms with Gasteiger partial charge in [-0.1, -0.05) is 103 Å². The van der Waals surface area contributed by atoms with Crippen molar-refractivity contribution in [1.82, 2.24) is 0 Å². The van der Waals surface area contributed by atoms with Crippen LogP contribution in [0.4, 0.5) is 0 Å². The zero-order valence-corrected chi connectivity index (χ0v) is 31.5. The van der Waals surface area contributed by atoms with Gasteiger partial charge in [0.25, 0.3) is 0 Å². The van der Waals surface area contributed by atoms with E-state index in [1.807, 2.05) is 36.4 Å². The van der Waals surface area contributed by atoms with Crippen molar-refractivity contribution in [1.29, 1.82) is 0 Å². The third-order valence-electron chi connectivity index (χ3n) is 7.07. The molecule has 2 aromatic heterocycles. The molecular weight excluding hydrogens is 716 g/mol. The minimum absolute atomic E-state index is 0.885. The van der Waals surface area contributed by atoms with Gasteiger partial charge in [0.05, 0.1) is 0 Å². The summed E-state index contributed by atoms with van der Waals surface area (Å²) in [6, 6.07) is 24.7. The van der Waals surface area contributed by atoms with Gasteiger partial charge in [-0.05, 0) is 63.1 Å². The number of aromatic nitrogens is 2. The van der Waals surface area contributed by atoms with Crippen LogP contribution in [0.25, 0.3) is 0 Å². The number of hydrogen-bond donors (Lipinski definition) is 0. The molecule has 0 bridgehead atoms. The Morgan fingerprint density at radius 3 is 1.10 bits per heavy atom. The third-order valence-corrected chi connectivity index (χ3v) is 8.19. The van der Waals surface area contributed by atoms with E-state index in [0.717, 1.165) is 97.4 Å². The average Bonchev–Trinajstić information content (AvgIpc) is 3.10. The van der Waals surface area contributed by atoms with Gasteiger partial charge in [0.2, 0.25) is 0 Å². The molecule has 0 N–H and O–H groups in total. The zero-order chi connectivity index (χ0) is 34.1. The summed E-state index contributed by atoms with van der Waals surface area (Å²) < 4.78 is 4.46. The number of alkyl halides is 2. The minimum Gasteiger partial charge on any atom is -0.205 e. The van der Waals surface area contributed by atoms with Gasteiger partial charge in [-0.2, -0.15) is 0 Å². The summed E-state index contributed by atoms with van der Waals surface area (Å²) in [5.41, 5.74) is 6.71. The lowest BCUT2D eigenvalue weighted by molar-refractivity contribution is -0.697. The summed E-state index contributed by atoms with van der Waals surface area (Å²) in [6.45, 7) is 6.24. The second-order valence-corrected chi connectivity index (χ2v) is 12.9. The Morgan fingerprint density at radius 1 is 0.458 bits per heavy atom. The SMILES string of the molecule is BrCCCC#Cc1ccccc1C#CCCCBr.Cc1ccc[n+](CCCC#Cc2ccccc2C#CCCC[n+]2cccc(C)c2)c1. The van der Waals surface area contributed by atoms with E-state index in [4.69, 9.17) is 0 Å². The highest BCUT2D eigenvalue weighted by molar-refractivity contribution is 9.09.